The number of aliphatic hydroxyl groups is 6. The maximum atomic E-state index is 13.9. The van der Waals surface area contributed by atoms with E-state index in [-0.39, 0.29) is 48.3 Å². The van der Waals surface area contributed by atoms with Crippen molar-refractivity contribution in [2.75, 3.05) is 64.2 Å². The number of aromatic hydroxyl groups is 2. The number of rotatable bonds is 10. The molecule has 2 fully saturated rings. The molecule has 2 amide bonds. The molecule has 436 valence electrons. The van der Waals surface area contributed by atoms with Crippen LogP contribution in [0, 0.1) is 35.5 Å². The SMILES string of the molecule is CCN(CC)c1ccc(O)c2c1CC1CC3C(O)(C(=O)C(C(N)=O)=C(O)[C@@]3(N)N(C)C)C(N)(O)C1C2=O.CCN(CC)c1ccc(O)c2c1CC1CC3C(O)(C(=O)C(C(N)=O)=C(O)[C@@]3(N)N(C)C)C(N)(O)C1C2=O.O=S(=O)(O)O. The first kappa shape index (κ1) is 62.0. The largest absolute Gasteiger partial charge is 0.508 e. The second kappa shape index (κ2) is 20.7. The van der Waals surface area contributed by atoms with E-state index in [4.69, 9.17) is 51.9 Å². The van der Waals surface area contributed by atoms with Crippen LogP contribution in [0.4, 0.5) is 11.4 Å². The van der Waals surface area contributed by atoms with Crippen LogP contribution in [0.5, 0.6) is 11.5 Å². The summed E-state index contributed by atoms with van der Waals surface area (Å²) in [5.41, 5.74) is 21.3. The van der Waals surface area contributed by atoms with Gasteiger partial charge < -0.3 is 85.1 Å². The van der Waals surface area contributed by atoms with E-state index < -0.39 is 137 Å². The highest BCUT2D eigenvalue weighted by molar-refractivity contribution is 7.79. The fourth-order valence-corrected chi connectivity index (χ4v) is 13.5. The molecule has 0 heterocycles. The maximum Gasteiger partial charge on any atom is 0.394 e. The van der Waals surface area contributed by atoms with E-state index in [0.29, 0.717) is 37.3 Å². The zero-order valence-electron chi connectivity index (χ0n) is 44.8. The van der Waals surface area contributed by atoms with Crippen LogP contribution >= 0.6 is 0 Å². The lowest BCUT2D eigenvalue weighted by Gasteiger charge is -2.62. The van der Waals surface area contributed by atoms with Crippen LogP contribution in [0.15, 0.2) is 46.9 Å². The predicted molar refractivity (Wildman–Crippen MR) is 281 cm³/mol. The third-order valence-corrected chi connectivity index (χ3v) is 17.3. The highest BCUT2D eigenvalue weighted by Crippen LogP contribution is 2.60. The third-order valence-electron chi connectivity index (χ3n) is 17.3. The highest BCUT2D eigenvalue weighted by atomic mass is 32.3. The van der Waals surface area contributed by atoms with Crippen molar-refractivity contribution in [2.24, 2.45) is 69.9 Å². The monoisotopic (exact) mass is 1130 g/mol. The van der Waals surface area contributed by atoms with Gasteiger partial charge in [0, 0.05) is 49.4 Å². The molecular formula is C50H72N10O18S. The topological polar surface area (TPSA) is 508 Å². The smallest absolute Gasteiger partial charge is 0.394 e. The molecule has 0 saturated heterocycles. The Balaban J connectivity index is 0.000000235. The Labute approximate surface area is 454 Å². The molecule has 10 unspecified atom stereocenters. The van der Waals surface area contributed by atoms with Crippen molar-refractivity contribution in [2.45, 2.75) is 87.4 Å². The number of phenols is 2. The summed E-state index contributed by atoms with van der Waals surface area (Å²) >= 11 is 0. The van der Waals surface area contributed by atoms with Gasteiger partial charge >= 0.3 is 10.4 Å². The Hall–Kier alpha value is -6.19. The molecule has 8 rings (SSSR count). The Morgan fingerprint density at radius 1 is 0.570 bits per heavy atom. The first-order chi connectivity index (χ1) is 36.2. The quantitative estimate of drug-likeness (QED) is 0.0631. The average Bonchev–Trinajstić information content (AvgIpc) is 2.29. The predicted octanol–water partition coefficient (Wildman–Crippen LogP) is -3.24. The van der Waals surface area contributed by atoms with Gasteiger partial charge in [-0.05, 0) is 129 Å². The van der Waals surface area contributed by atoms with Gasteiger partial charge in [0.1, 0.15) is 45.5 Å². The highest BCUT2D eigenvalue weighted by Gasteiger charge is 2.77. The molecule has 6 aliphatic carbocycles. The molecular weight excluding hydrogens is 1060 g/mol. The van der Waals surface area contributed by atoms with Crippen molar-refractivity contribution in [1.29, 1.82) is 0 Å². The summed E-state index contributed by atoms with van der Waals surface area (Å²) in [5, 5.41) is 90.6. The van der Waals surface area contributed by atoms with Crippen LogP contribution in [0.1, 0.15) is 72.4 Å². The number of ketones is 4. The molecule has 12 atom stereocenters. The Morgan fingerprint density at radius 3 is 1.09 bits per heavy atom. The lowest BCUT2D eigenvalue weighted by atomic mass is 9.49. The molecule has 79 heavy (non-hydrogen) atoms. The number of aliphatic hydroxyl groups excluding tert-OH is 2. The van der Waals surface area contributed by atoms with Crippen LogP contribution < -0.4 is 44.2 Å². The van der Waals surface area contributed by atoms with E-state index in [1.807, 2.05) is 37.5 Å². The van der Waals surface area contributed by atoms with E-state index in [0.717, 1.165) is 11.4 Å². The van der Waals surface area contributed by atoms with E-state index in [1.54, 1.807) is 12.1 Å². The summed E-state index contributed by atoms with van der Waals surface area (Å²) in [6.07, 6.45) is 0.108. The van der Waals surface area contributed by atoms with E-state index in [2.05, 4.69) is 0 Å². The Kier molecular flexibility index (Phi) is 16.3. The Bertz CT molecular complexity index is 2890. The summed E-state index contributed by atoms with van der Waals surface area (Å²) in [6, 6.07) is 6.20. The molecule has 2 aromatic carbocycles. The maximum absolute atomic E-state index is 13.9. The van der Waals surface area contributed by atoms with Gasteiger partial charge in [-0.25, -0.2) is 0 Å². The molecule has 22 N–H and O–H groups in total. The van der Waals surface area contributed by atoms with Crippen LogP contribution in [0.3, 0.4) is 0 Å². The number of nitrogens with two attached hydrogens (primary N) is 6. The van der Waals surface area contributed by atoms with E-state index in [9.17, 15) is 69.6 Å². The zero-order chi connectivity index (χ0) is 60.2. The van der Waals surface area contributed by atoms with Gasteiger partial charge in [-0.2, -0.15) is 8.42 Å². The minimum absolute atomic E-state index is 0.0417. The number of benzene rings is 2. The van der Waals surface area contributed by atoms with Crippen molar-refractivity contribution in [3.8, 4) is 11.5 Å². The van der Waals surface area contributed by atoms with Crippen molar-refractivity contribution in [1.82, 2.24) is 9.80 Å². The molecule has 2 aromatic rings. The number of nitrogens with zero attached hydrogens (tertiary/aromatic N) is 4. The molecule has 2 saturated carbocycles. The molecule has 6 aliphatic rings. The number of carbonyl (C=O) groups excluding carboxylic acids is 6. The summed E-state index contributed by atoms with van der Waals surface area (Å²) in [6.45, 7) is 10.3. The third kappa shape index (κ3) is 8.94. The fraction of sp³-hybridized carbons (Fsp3) is 0.560. The van der Waals surface area contributed by atoms with Gasteiger partial charge in [-0.15, -0.1) is 0 Å². The molecule has 0 radical (unpaired) electrons. The second-order valence-corrected chi connectivity index (χ2v) is 22.2. The first-order valence-electron chi connectivity index (χ1n) is 25.2. The number of hydrogen-bond donors (Lipinski definition) is 16. The van der Waals surface area contributed by atoms with Gasteiger partial charge in [-0.3, -0.25) is 47.7 Å². The number of Topliss-reactive ketones (excluding diaryl/α,β-unsaturated/α-hetero) is 4. The van der Waals surface area contributed by atoms with Crippen molar-refractivity contribution in [3.05, 3.63) is 69.2 Å². The zero-order valence-corrected chi connectivity index (χ0v) is 45.6. The van der Waals surface area contributed by atoms with Gasteiger partial charge in [0.25, 0.3) is 11.8 Å². The number of amides is 2. The number of likely N-dealkylation sites (N-methyl/N-ethyl adjacent to an activating group) is 2. The Morgan fingerprint density at radius 2 is 0.848 bits per heavy atom. The van der Waals surface area contributed by atoms with Crippen LogP contribution in [-0.4, -0.2) is 191 Å². The number of carbonyl (C=O) groups is 6. The molecule has 0 bridgehead atoms. The number of fused-ring (bicyclic) bond motifs is 6. The lowest BCUT2D eigenvalue weighted by Crippen LogP contribution is -2.84. The molecule has 0 aliphatic heterocycles. The molecule has 0 aromatic heterocycles. The fourth-order valence-electron chi connectivity index (χ4n) is 13.5. The van der Waals surface area contributed by atoms with Crippen LogP contribution in [0.2, 0.25) is 0 Å². The van der Waals surface area contributed by atoms with Crippen molar-refractivity contribution >= 4 is 56.7 Å². The van der Waals surface area contributed by atoms with Crippen molar-refractivity contribution in [3.63, 3.8) is 0 Å². The number of phenolic OH excluding ortho intramolecular Hbond substituents is 2. The average molecular weight is 1130 g/mol. The standard InChI is InChI=1S/2C25H35N5O7.H2O4S/c2*1-5-30(6-2)13-7-8-14(31)16-12(13)9-11-10-15-23(36,25(28,37)18(11)19(16)32)20(33)17(22(26)35)21(34)24(15,27)29(3)4;1-5(2,3)4/h2*7-8,11,15,18,31,34,36-37H,5-6,9-10,27-28H2,1-4H3,(H2,26,35);(H2,1,2,3,4)/t2*11?,15?,18?,23?,24-,25?;/m00./s1. The van der Waals surface area contributed by atoms with Gasteiger partial charge in [0.05, 0.1) is 23.0 Å². The van der Waals surface area contributed by atoms with E-state index in [1.165, 1.54) is 50.1 Å². The van der Waals surface area contributed by atoms with Crippen LogP contribution in [-0.2, 0) is 42.4 Å². The summed E-state index contributed by atoms with van der Waals surface area (Å²) in [7, 11) is 1.18. The lowest BCUT2D eigenvalue weighted by molar-refractivity contribution is -0.244. The summed E-state index contributed by atoms with van der Waals surface area (Å²) in [5.74, 6) is -16.7. The normalized spacial score (nSPS) is 33.7. The van der Waals surface area contributed by atoms with Crippen molar-refractivity contribution < 1.29 is 87.1 Å². The minimum Gasteiger partial charge on any atom is -0.508 e. The number of hydrogen-bond acceptors (Lipinski definition) is 24. The van der Waals surface area contributed by atoms with Gasteiger partial charge in [0.15, 0.2) is 34.2 Å². The van der Waals surface area contributed by atoms with Gasteiger partial charge in [-0.1, -0.05) is 0 Å². The summed E-state index contributed by atoms with van der Waals surface area (Å²) < 4.78 is 31.6. The number of anilines is 2. The van der Waals surface area contributed by atoms with Crippen LogP contribution in [0.25, 0.3) is 0 Å². The molecule has 29 heteroatoms. The summed E-state index contributed by atoms with van der Waals surface area (Å²) in [4.78, 5) is 85.9. The molecule has 28 nitrogen and oxygen atoms in total. The molecule has 0 spiro atoms. The first-order valence-corrected chi connectivity index (χ1v) is 26.6. The minimum atomic E-state index is -4.67. The number of primary amides is 2. The van der Waals surface area contributed by atoms with E-state index >= 15 is 0 Å². The second-order valence-electron chi connectivity index (χ2n) is 21.4. The van der Waals surface area contributed by atoms with Gasteiger partial charge in [0.2, 0.25) is 11.6 Å².